The number of carbonyl (C=O) groups is 2. The Hall–Kier alpha value is -2.98. The second-order valence-corrected chi connectivity index (χ2v) is 6.41. The number of aliphatic hydroxyl groups excluding tert-OH is 1. The fraction of sp³-hybridized carbons (Fsp3) is 0.200. The summed E-state index contributed by atoms with van der Waals surface area (Å²) in [6.45, 7) is 1.48. The van der Waals surface area contributed by atoms with Crippen LogP contribution in [0, 0.1) is 0 Å². The maximum atomic E-state index is 12.5. The summed E-state index contributed by atoms with van der Waals surface area (Å²) < 4.78 is 1.41. The molecular weight excluding hydrogens is 344 g/mol. The van der Waals surface area contributed by atoms with Crippen molar-refractivity contribution in [3.8, 4) is 11.1 Å². The van der Waals surface area contributed by atoms with Crippen molar-refractivity contribution in [3.05, 3.63) is 34.2 Å². The Morgan fingerprint density at radius 3 is 2.80 bits per heavy atom. The van der Waals surface area contributed by atoms with E-state index >= 15 is 0 Å². The molecule has 130 valence electrons. The minimum absolute atomic E-state index is 0.0320. The Kier molecular flexibility index (Phi) is 4.38. The van der Waals surface area contributed by atoms with Gasteiger partial charge in [0, 0.05) is 17.8 Å². The Balaban J connectivity index is 2.11. The van der Waals surface area contributed by atoms with E-state index in [2.05, 4.69) is 15.4 Å². The second-order valence-electron chi connectivity index (χ2n) is 5.50. The Bertz CT molecular complexity index is 963. The molecule has 0 fully saturated rings. The summed E-state index contributed by atoms with van der Waals surface area (Å²) in [7, 11) is 0. The van der Waals surface area contributed by atoms with Crippen LogP contribution in [0.5, 0.6) is 0 Å². The van der Waals surface area contributed by atoms with Gasteiger partial charge in [0.2, 0.25) is 5.95 Å². The number of amides is 2. The maximum Gasteiger partial charge on any atom is 0.258 e. The third kappa shape index (κ3) is 3.30. The molecule has 0 bridgehead atoms. The van der Waals surface area contributed by atoms with Gasteiger partial charge in [-0.05, 0) is 30.0 Å². The molecule has 25 heavy (non-hydrogen) atoms. The summed E-state index contributed by atoms with van der Waals surface area (Å²) in [6.07, 6.45) is 1.66. The summed E-state index contributed by atoms with van der Waals surface area (Å²) in [4.78, 5) is 28.3. The molecule has 6 N–H and O–H groups in total. The zero-order chi connectivity index (χ0) is 18.1. The van der Waals surface area contributed by atoms with Crippen molar-refractivity contribution in [1.82, 2.24) is 19.9 Å². The molecule has 0 radical (unpaired) electrons. The van der Waals surface area contributed by atoms with Gasteiger partial charge in [-0.1, -0.05) is 0 Å². The van der Waals surface area contributed by atoms with Gasteiger partial charge in [0.15, 0.2) is 5.65 Å². The van der Waals surface area contributed by atoms with Gasteiger partial charge in [-0.15, -0.1) is 16.4 Å². The normalized spacial score (nSPS) is 12.2. The highest BCUT2D eigenvalue weighted by atomic mass is 32.1. The van der Waals surface area contributed by atoms with E-state index in [9.17, 15) is 9.59 Å². The van der Waals surface area contributed by atoms with Crippen LogP contribution in [-0.2, 0) is 0 Å². The number of nitrogens with two attached hydrogens (primary N) is 2. The van der Waals surface area contributed by atoms with Crippen LogP contribution in [0.25, 0.3) is 16.8 Å². The number of nitrogens with zero attached hydrogens (tertiary/aromatic N) is 3. The summed E-state index contributed by atoms with van der Waals surface area (Å²) >= 11 is 1.21. The van der Waals surface area contributed by atoms with E-state index in [0.29, 0.717) is 16.1 Å². The van der Waals surface area contributed by atoms with Gasteiger partial charge in [-0.2, -0.15) is 4.98 Å². The lowest BCUT2D eigenvalue weighted by Gasteiger charge is -2.12. The van der Waals surface area contributed by atoms with Crippen LogP contribution in [0.4, 0.5) is 5.95 Å². The average Bonchev–Trinajstić information content (AvgIpc) is 3.19. The van der Waals surface area contributed by atoms with Crippen molar-refractivity contribution < 1.29 is 14.7 Å². The van der Waals surface area contributed by atoms with E-state index < -0.39 is 17.9 Å². The van der Waals surface area contributed by atoms with Crippen molar-refractivity contribution >= 4 is 34.7 Å². The molecule has 0 spiro atoms. The molecule has 0 aliphatic heterocycles. The first-order valence-corrected chi connectivity index (χ1v) is 8.23. The number of primary amides is 1. The lowest BCUT2D eigenvalue weighted by atomic mass is 10.1. The molecule has 0 aliphatic carbocycles. The van der Waals surface area contributed by atoms with E-state index in [1.54, 1.807) is 30.6 Å². The fourth-order valence-corrected chi connectivity index (χ4v) is 3.06. The minimum atomic E-state index is -0.517. The van der Waals surface area contributed by atoms with E-state index in [4.69, 9.17) is 16.6 Å². The molecule has 0 saturated heterocycles. The van der Waals surface area contributed by atoms with Crippen LogP contribution >= 0.6 is 11.3 Å². The molecule has 3 rings (SSSR count). The molecule has 0 unspecified atom stereocenters. The minimum Gasteiger partial charge on any atom is -0.394 e. The smallest absolute Gasteiger partial charge is 0.258 e. The molecule has 10 heteroatoms. The highest BCUT2D eigenvalue weighted by Gasteiger charge is 2.18. The fourth-order valence-electron chi connectivity index (χ4n) is 2.29. The molecule has 3 heterocycles. The first kappa shape index (κ1) is 16.9. The molecule has 3 aromatic heterocycles. The number of rotatable bonds is 5. The van der Waals surface area contributed by atoms with Gasteiger partial charge in [-0.25, -0.2) is 4.52 Å². The van der Waals surface area contributed by atoms with Crippen LogP contribution in [-0.4, -0.2) is 44.2 Å². The van der Waals surface area contributed by atoms with Gasteiger partial charge in [-0.3, -0.25) is 9.59 Å². The van der Waals surface area contributed by atoms with Crippen LogP contribution in [0.3, 0.4) is 0 Å². The summed E-state index contributed by atoms with van der Waals surface area (Å²) in [6, 6.07) is 2.86. The summed E-state index contributed by atoms with van der Waals surface area (Å²) in [5.41, 5.74) is 12.9. The largest absolute Gasteiger partial charge is 0.394 e. The number of anilines is 1. The molecule has 3 aromatic rings. The molecule has 0 aromatic carbocycles. The number of aliphatic hydroxyl groups is 1. The van der Waals surface area contributed by atoms with Gasteiger partial charge < -0.3 is 21.9 Å². The molecule has 2 amide bonds. The summed E-state index contributed by atoms with van der Waals surface area (Å²) in [5.74, 6) is -0.896. The highest BCUT2D eigenvalue weighted by molar-refractivity contribution is 7.12. The van der Waals surface area contributed by atoms with Gasteiger partial charge >= 0.3 is 0 Å². The average molecular weight is 360 g/mol. The van der Waals surface area contributed by atoms with Gasteiger partial charge in [0.05, 0.1) is 17.0 Å². The molecule has 0 aliphatic rings. The van der Waals surface area contributed by atoms with E-state index in [-0.39, 0.29) is 18.1 Å². The number of aromatic nitrogens is 3. The Morgan fingerprint density at radius 1 is 1.40 bits per heavy atom. The van der Waals surface area contributed by atoms with E-state index in [0.717, 1.165) is 5.56 Å². The molecule has 1 atom stereocenters. The number of fused-ring (bicyclic) bond motifs is 1. The van der Waals surface area contributed by atoms with Crippen molar-refractivity contribution in [3.63, 3.8) is 0 Å². The predicted molar refractivity (Wildman–Crippen MR) is 93.2 cm³/mol. The van der Waals surface area contributed by atoms with Crippen molar-refractivity contribution in [2.24, 2.45) is 5.73 Å². The quantitative estimate of drug-likeness (QED) is 0.512. The second kappa shape index (κ2) is 6.49. The lowest BCUT2D eigenvalue weighted by Crippen LogP contribution is -2.35. The van der Waals surface area contributed by atoms with Crippen molar-refractivity contribution in [2.45, 2.75) is 13.0 Å². The first-order chi connectivity index (χ1) is 11.9. The van der Waals surface area contributed by atoms with Crippen LogP contribution in [0.15, 0.2) is 23.7 Å². The third-order valence-electron chi connectivity index (χ3n) is 3.52. The van der Waals surface area contributed by atoms with Gasteiger partial charge in [0.1, 0.15) is 0 Å². The van der Waals surface area contributed by atoms with Crippen molar-refractivity contribution in [2.75, 3.05) is 12.3 Å². The zero-order valence-electron chi connectivity index (χ0n) is 13.3. The number of pyridine rings is 1. The number of nitrogens with one attached hydrogen (secondary N) is 1. The standard InChI is InChI=1S/C15H16N6O3S/c1-7(5-22)18-14(24)10-2-8(4-21-13(10)19-15(17)20-21)9-3-11(12(16)23)25-6-9/h2-4,6-7,22H,5H2,1H3,(H2,16,23)(H2,17,20)(H,18,24)/t7-/m0/s1. The lowest BCUT2D eigenvalue weighted by molar-refractivity contribution is 0.0922. The van der Waals surface area contributed by atoms with Gasteiger partial charge in [0.25, 0.3) is 11.8 Å². The van der Waals surface area contributed by atoms with E-state index in [1.165, 1.54) is 15.9 Å². The Labute approximate surface area is 146 Å². The number of carbonyl (C=O) groups excluding carboxylic acids is 2. The monoisotopic (exact) mass is 360 g/mol. The molecule has 9 nitrogen and oxygen atoms in total. The number of hydrogen-bond acceptors (Lipinski definition) is 7. The van der Waals surface area contributed by atoms with E-state index in [1.807, 2.05) is 0 Å². The topological polar surface area (TPSA) is 149 Å². The van der Waals surface area contributed by atoms with Crippen LogP contribution < -0.4 is 16.8 Å². The molecule has 0 saturated carbocycles. The number of nitrogen functional groups attached to an aromatic ring is 1. The SMILES string of the molecule is C[C@@H](CO)NC(=O)c1cc(-c2csc(C(N)=O)c2)cn2nc(N)nc12. The predicted octanol–water partition coefficient (Wildman–Crippen LogP) is 0.250. The van der Waals surface area contributed by atoms with Crippen LogP contribution in [0.2, 0.25) is 0 Å². The summed E-state index contributed by atoms with van der Waals surface area (Å²) in [5, 5.41) is 17.6. The maximum absolute atomic E-state index is 12.5. The first-order valence-electron chi connectivity index (χ1n) is 7.35. The third-order valence-corrected chi connectivity index (χ3v) is 4.47. The highest BCUT2D eigenvalue weighted by Crippen LogP contribution is 2.27. The van der Waals surface area contributed by atoms with Crippen molar-refractivity contribution in [1.29, 1.82) is 0 Å². The number of hydrogen-bond donors (Lipinski definition) is 4. The van der Waals surface area contributed by atoms with Crippen LogP contribution in [0.1, 0.15) is 27.0 Å². The Morgan fingerprint density at radius 2 is 2.16 bits per heavy atom. The number of thiophene rings is 1. The zero-order valence-corrected chi connectivity index (χ0v) is 14.1. The molecular formula is C15H16N6O3S.